The third kappa shape index (κ3) is 4.20. The number of amides is 2. The van der Waals surface area contributed by atoms with Crippen molar-refractivity contribution in [3.8, 4) is 0 Å². The summed E-state index contributed by atoms with van der Waals surface area (Å²) in [5.41, 5.74) is 0.668. The number of carbonyl (C=O) groups excluding carboxylic acids is 2. The fraction of sp³-hybridized carbons (Fsp3) is 0.154. The van der Waals surface area contributed by atoms with Crippen LogP contribution in [0, 0.1) is 0 Å². The van der Waals surface area contributed by atoms with Gasteiger partial charge in [0.2, 0.25) is 11.8 Å². The van der Waals surface area contributed by atoms with Crippen molar-refractivity contribution in [1.29, 1.82) is 0 Å². The van der Waals surface area contributed by atoms with Gasteiger partial charge in [-0.3, -0.25) is 9.59 Å². The molecule has 0 radical (unpaired) electrons. The van der Waals surface area contributed by atoms with Gasteiger partial charge in [-0.25, -0.2) is 4.98 Å². The van der Waals surface area contributed by atoms with Crippen molar-refractivity contribution >= 4 is 33.4 Å². The second kappa shape index (κ2) is 6.85. The van der Waals surface area contributed by atoms with E-state index >= 15 is 0 Å². The van der Waals surface area contributed by atoms with Gasteiger partial charge < -0.3 is 15.2 Å². The van der Waals surface area contributed by atoms with Gasteiger partial charge in [-0.2, -0.15) is 0 Å². The molecule has 0 atom stereocenters. The normalized spacial score (nSPS) is 10.1. The molecule has 6 nitrogen and oxygen atoms in total. The standard InChI is InChI=1S/C13H13BrN4O2/c14-10-3-1-2-4-11(10)17-12(19)7-16-13(20)8-18-6-5-15-9-18/h1-6,9H,7-8H2,(H,16,20)(H,17,19). The molecule has 1 aromatic carbocycles. The van der Waals surface area contributed by atoms with E-state index in [1.165, 1.54) is 0 Å². The molecular weight excluding hydrogens is 324 g/mol. The zero-order chi connectivity index (χ0) is 14.4. The van der Waals surface area contributed by atoms with Gasteiger partial charge in [-0.1, -0.05) is 12.1 Å². The van der Waals surface area contributed by atoms with Crippen LogP contribution in [-0.2, 0) is 16.1 Å². The molecule has 0 spiro atoms. The van der Waals surface area contributed by atoms with Crippen LogP contribution in [0.15, 0.2) is 47.5 Å². The van der Waals surface area contributed by atoms with Crippen molar-refractivity contribution < 1.29 is 9.59 Å². The lowest BCUT2D eigenvalue weighted by molar-refractivity contribution is -0.124. The Morgan fingerprint density at radius 3 is 2.75 bits per heavy atom. The highest BCUT2D eigenvalue weighted by atomic mass is 79.9. The summed E-state index contributed by atoms with van der Waals surface area (Å²) in [5.74, 6) is -0.527. The fourth-order valence-corrected chi connectivity index (χ4v) is 1.92. The number of imidazole rings is 1. The molecule has 0 saturated heterocycles. The Bertz CT molecular complexity index is 598. The molecule has 2 amide bonds. The van der Waals surface area contributed by atoms with Crippen LogP contribution in [0.25, 0.3) is 0 Å². The molecule has 2 aromatic rings. The Labute approximate surface area is 124 Å². The first kappa shape index (κ1) is 14.3. The van der Waals surface area contributed by atoms with E-state index in [0.717, 1.165) is 4.47 Å². The number of hydrogen-bond acceptors (Lipinski definition) is 3. The number of rotatable bonds is 5. The Morgan fingerprint density at radius 1 is 1.25 bits per heavy atom. The summed E-state index contributed by atoms with van der Waals surface area (Å²) < 4.78 is 2.42. The fourth-order valence-electron chi connectivity index (χ4n) is 1.54. The number of hydrogen-bond donors (Lipinski definition) is 2. The maximum atomic E-state index is 11.7. The monoisotopic (exact) mass is 336 g/mol. The van der Waals surface area contributed by atoms with Gasteiger partial charge >= 0.3 is 0 Å². The second-order valence-electron chi connectivity index (χ2n) is 4.04. The lowest BCUT2D eigenvalue weighted by Gasteiger charge is -2.08. The molecule has 0 aliphatic carbocycles. The van der Waals surface area contributed by atoms with E-state index < -0.39 is 0 Å². The van der Waals surface area contributed by atoms with Gasteiger partial charge in [0.05, 0.1) is 18.6 Å². The molecule has 2 rings (SSSR count). The smallest absolute Gasteiger partial charge is 0.243 e. The molecule has 1 aromatic heterocycles. The predicted molar refractivity (Wildman–Crippen MR) is 78.0 cm³/mol. The highest BCUT2D eigenvalue weighted by Gasteiger charge is 2.07. The quantitative estimate of drug-likeness (QED) is 0.866. The number of nitrogens with one attached hydrogen (secondary N) is 2. The average molecular weight is 337 g/mol. The molecule has 0 bridgehead atoms. The minimum atomic E-state index is -0.282. The first-order valence-electron chi connectivity index (χ1n) is 5.92. The molecule has 0 aliphatic heterocycles. The van der Waals surface area contributed by atoms with E-state index in [4.69, 9.17) is 0 Å². The van der Waals surface area contributed by atoms with Crippen LogP contribution in [0.2, 0.25) is 0 Å². The molecule has 20 heavy (non-hydrogen) atoms. The summed E-state index contributed by atoms with van der Waals surface area (Å²) in [6.45, 7) is 0.0666. The number of nitrogens with zero attached hydrogens (tertiary/aromatic N) is 2. The van der Waals surface area contributed by atoms with E-state index in [-0.39, 0.29) is 24.9 Å². The number of anilines is 1. The van der Waals surface area contributed by atoms with Gasteiger partial charge in [0.1, 0.15) is 6.54 Å². The molecule has 0 aliphatic rings. The van der Waals surface area contributed by atoms with E-state index in [0.29, 0.717) is 5.69 Å². The molecule has 1 heterocycles. The third-order valence-corrected chi connectivity index (χ3v) is 3.17. The summed E-state index contributed by atoms with van der Waals surface area (Å²) in [6.07, 6.45) is 4.81. The lowest BCUT2D eigenvalue weighted by atomic mass is 10.3. The Kier molecular flexibility index (Phi) is 4.89. The number of halogens is 1. The van der Waals surface area contributed by atoms with Crippen LogP contribution in [0.4, 0.5) is 5.69 Å². The minimum absolute atomic E-state index is 0.0745. The van der Waals surface area contributed by atoms with Gasteiger partial charge in [-0.05, 0) is 28.1 Å². The molecule has 0 saturated carbocycles. The Hall–Kier alpha value is -2.15. The summed E-state index contributed by atoms with van der Waals surface area (Å²) in [5, 5.41) is 5.25. The number of aromatic nitrogens is 2. The van der Waals surface area contributed by atoms with Crippen molar-refractivity contribution in [3.05, 3.63) is 47.5 Å². The SMILES string of the molecule is O=C(Cn1ccnc1)NCC(=O)Nc1ccccc1Br. The number of carbonyl (C=O) groups is 2. The highest BCUT2D eigenvalue weighted by Crippen LogP contribution is 2.20. The molecule has 7 heteroatoms. The van der Waals surface area contributed by atoms with Crippen LogP contribution in [0.3, 0.4) is 0 Å². The third-order valence-electron chi connectivity index (χ3n) is 2.48. The summed E-state index contributed by atoms with van der Waals surface area (Å²) in [4.78, 5) is 27.1. The molecule has 104 valence electrons. The molecule has 2 N–H and O–H groups in total. The minimum Gasteiger partial charge on any atom is -0.345 e. The first-order chi connectivity index (χ1) is 9.65. The summed E-state index contributed by atoms with van der Waals surface area (Å²) in [7, 11) is 0. The number of para-hydroxylation sites is 1. The number of benzene rings is 1. The zero-order valence-corrected chi connectivity index (χ0v) is 12.1. The predicted octanol–water partition coefficient (Wildman–Crippen LogP) is 1.40. The lowest BCUT2D eigenvalue weighted by Crippen LogP contribution is -2.34. The van der Waals surface area contributed by atoms with E-state index in [1.807, 2.05) is 18.2 Å². The Balaban J connectivity index is 1.78. The zero-order valence-electron chi connectivity index (χ0n) is 10.5. The van der Waals surface area contributed by atoms with E-state index in [2.05, 4.69) is 31.5 Å². The van der Waals surface area contributed by atoms with Crippen LogP contribution in [0.5, 0.6) is 0 Å². The summed E-state index contributed by atoms with van der Waals surface area (Å²) >= 11 is 3.33. The molecule has 0 unspecified atom stereocenters. The van der Waals surface area contributed by atoms with Crippen molar-refractivity contribution in [1.82, 2.24) is 14.9 Å². The first-order valence-corrected chi connectivity index (χ1v) is 6.71. The molecule has 0 fully saturated rings. The van der Waals surface area contributed by atoms with Gasteiger partial charge in [0.15, 0.2) is 0 Å². The van der Waals surface area contributed by atoms with Gasteiger partial charge in [0, 0.05) is 16.9 Å². The van der Waals surface area contributed by atoms with Gasteiger partial charge in [-0.15, -0.1) is 0 Å². The van der Waals surface area contributed by atoms with E-state index in [9.17, 15) is 9.59 Å². The van der Waals surface area contributed by atoms with Crippen LogP contribution < -0.4 is 10.6 Å². The average Bonchev–Trinajstić information content (AvgIpc) is 2.92. The maximum absolute atomic E-state index is 11.7. The van der Waals surface area contributed by atoms with Crippen LogP contribution >= 0.6 is 15.9 Å². The van der Waals surface area contributed by atoms with Gasteiger partial charge in [0.25, 0.3) is 0 Å². The largest absolute Gasteiger partial charge is 0.345 e. The maximum Gasteiger partial charge on any atom is 0.243 e. The van der Waals surface area contributed by atoms with Crippen molar-refractivity contribution in [2.75, 3.05) is 11.9 Å². The van der Waals surface area contributed by atoms with Crippen LogP contribution in [-0.4, -0.2) is 27.9 Å². The van der Waals surface area contributed by atoms with E-state index in [1.54, 1.807) is 29.4 Å². The van der Waals surface area contributed by atoms with Crippen molar-refractivity contribution in [2.45, 2.75) is 6.54 Å². The van der Waals surface area contributed by atoms with Crippen molar-refractivity contribution in [2.24, 2.45) is 0 Å². The molecular formula is C13H13BrN4O2. The highest BCUT2D eigenvalue weighted by molar-refractivity contribution is 9.10. The Morgan fingerprint density at radius 2 is 2.05 bits per heavy atom. The van der Waals surface area contributed by atoms with Crippen LogP contribution in [0.1, 0.15) is 0 Å². The van der Waals surface area contributed by atoms with Crippen molar-refractivity contribution in [3.63, 3.8) is 0 Å². The summed E-state index contributed by atoms with van der Waals surface area (Å²) in [6, 6.07) is 7.27. The topological polar surface area (TPSA) is 76.0 Å². The second-order valence-corrected chi connectivity index (χ2v) is 4.89.